The Morgan fingerprint density at radius 2 is 2.27 bits per heavy atom. The lowest BCUT2D eigenvalue weighted by atomic mass is 10.2. The highest BCUT2D eigenvalue weighted by molar-refractivity contribution is 5.66. The van der Waals surface area contributed by atoms with E-state index in [4.69, 9.17) is 5.11 Å². The Hall–Kier alpha value is -1.32. The summed E-state index contributed by atoms with van der Waals surface area (Å²) in [5.41, 5.74) is 2.23. The largest absolute Gasteiger partial charge is 0.481 e. The summed E-state index contributed by atoms with van der Waals surface area (Å²) < 4.78 is 1.96. The molecule has 84 valence electrons. The summed E-state index contributed by atoms with van der Waals surface area (Å²) in [6.45, 7) is 4.97. The zero-order valence-electron chi connectivity index (χ0n) is 9.36. The van der Waals surface area contributed by atoms with Crippen molar-refractivity contribution >= 4 is 5.97 Å². The third kappa shape index (κ3) is 3.38. The molecule has 0 fully saturated rings. The Kier molecular flexibility index (Phi) is 4.34. The van der Waals surface area contributed by atoms with Crippen molar-refractivity contribution in [2.45, 2.75) is 46.1 Å². The molecule has 15 heavy (non-hydrogen) atoms. The number of aromatic nitrogens is 2. The Bertz CT molecular complexity index is 331. The first-order chi connectivity index (χ1) is 7.17. The van der Waals surface area contributed by atoms with Gasteiger partial charge < -0.3 is 5.11 Å². The third-order valence-electron chi connectivity index (χ3n) is 2.40. The van der Waals surface area contributed by atoms with Crippen LogP contribution in [0.15, 0.2) is 6.07 Å². The van der Waals surface area contributed by atoms with Crippen molar-refractivity contribution in [3.63, 3.8) is 0 Å². The molecule has 1 rings (SSSR count). The van der Waals surface area contributed by atoms with Gasteiger partial charge in [-0.2, -0.15) is 5.10 Å². The lowest BCUT2D eigenvalue weighted by molar-refractivity contribution is -0.137. The molecule has 1 aromatic rings. The summed E-state index contributed by atoms with van der Waals surface area (Å²) in [6, 6.07) is 2.07. The number of carbonyl (C=O) groups is 1. The van der Waals surface area contributed by atoms with Gasteiger partial charge in [-0.15, -0.1) is 0 Å². The molecule has 4 nitrogen and oxygen atoms in total. The summed E-state index contributed by atoms with van der Waals surface area (Å²) in [6.07, 6.45) is 2.65. The van der Waals surface area contributed by atoms with Crippen LogP contribution in [0, 0.1) is 0 Å². The van der Waals surface area contributed by atoms with Crippen LogP contribution in [0.3, 0.4) is 0 Å². The topological polar surface area (TPSA) is 55.1 Å². The number of nitrogens with zero attached hydrogens (tertiary/aromatic N) is 2. The Labute approximate surface area is 89.9 Å². The molecule has 0 amide bonds. The summed E-state index contributed by atoms with van der Waals surface area (Å²) in [4.78, 5) is 10.4. The van der Waals surface area contributed by atoms with Crippen molar-refractivity contribution in [2.24, 2.45) is 0 Å². The van der Waals surface area contributed by atoms with Crippen molar-refractivity contribution in [1.82, 2.24) is 9.78 Å². The Balaban J connectivity index is 2.58. The molecule has 0 aliphatic rings. The predicted molar refractivity (Wildman–Crippen MR) is 57.9 cm³/mol. The van der Waals surface area contributed by atoms with E-state index in [0.717, 1.165) is 30.8 Å². The van der Waals surface area contributed by atoms with E-state index < -0.39 is 5.97 Å². The Morgan fingerprint density at radius 3 is 2.80 bits per heavy atom. The van der Waals surface area contributed by atoms with Gasteiger partial charge in [0.05, 0.1) is 5.69 Å². The van der Waals surface area contributed by atoms with Gasteiger partial charge in [0.2, 0.25) is 0 Å². The van der Waals surface area contributed by atoms with E-state index in [1.54, 1.807) is 0 Å². The minimum Gasteiger partial charge on any atom is -0.481 e. The first-order valence-corrected chi connectivity index (χ1v) is 5.44. The monoisotopic (exact) mass is 210 g/mol. The van der Waals surface area contributed by atoms with Gasteiger partial charge in [-0.25, -0.2) is 0 Å². The van der Waals surface area contributed by atoms with Gasteiger partial charge in [0.15, 0.2) is 0 Å². The standard InChI is InChI=1S/C11H18N2O2/c1-3-9-8-10(13(4-2)12-9)6-5-7-11(14)15/h8H,3-7H2,1-2H3,(H,14,15). The van der Waals surface area contributed by atoms with Crippen molar-refractivity contribution < 1.29 is 9.90 Å². The molecule has 0 aromatic carbocycles. The van der Waals surface area contributed by atoms with E-state index in [-0.39, 0.29) is 6.42 Å². The number of hydrogen-bond acceptors (Lipinski definition) is 2. The van der Waals surface area contributed by atoms with Crippen LogP contribution in [0.1, 0.15) is 38.1 Å². The Morgan fingerprint density at radius 1 is 1.53 bits per heavy atom. The highest BCUT2D eigenvalue weighted by Gasteiger charge is 2.06. The molecular weight excluding hydrogens is 192 g/mol. The maximum Gasteiger partial charge on any atom is 0.303 e. The van der Waals surface area contributed by atoms with Crippen LogP contribution in [-0.4, -0.2) is 20.9 Å². The number of carboxylic acids is 1. The number of rotatable bonds is 6. The van der Waals surface area contributed by atoms with E-state index in [9.17, 15) is 4.79 Å². The second-order valence-corrected chi connectivity index (χ2v) is 3.54. The zero-order chi connectivity index (χ0) is 11.3. The minimum absolute atomic E-state index is 0.232. The van der Waals surface area contributed by atoms with Crippen LogP contribution < -0.4 is 0 Å². The highest BCUT2D eigenvalue weighted by atomic mass is 16.4. The average molecular weight is 210 g/mol. The fraction of sp³-hybridized carbons (Fsp3) is 0.636. The molecule has 0 saturated carbocycles. The number of hydrogen-bond donors (Lipinski definition) is 1. The van der Waals surface area contributed by atoms with Crippen LogP contribution in [0.4, 0.5) is 0 Å². The van der Waals surface area contributed by atoms with E-state index >= 15 is 0 Å². The number of carboxylic acid groups (broad SMARTS) is 1. The van der Waals surface area contributed by atoms with Gasteiger partial charge in [-0.1, -0.05) is 6.92 Å². The summed E-state index contributed by atoms with van der Waals surface area (Å²) in [5, 5.41) is 13.0. The molecule has 0 unspecified atom stereocenters. The maximum absolute atomic E-state index is 10.4. The molecule has 0 bridgehead atoms. The smallest absolute Gasteiger partial charge is 0.303 e. The molecule has 0 atom stereocenters. The molecule has 1 heterocycles. The maximum atomic E-state index is 10.4. The molecule has 0 saturated heterocycles. The molecule has 1 aromatic heterocycles. The molecule has 0 radical (unpaired) electrons. The number of aliphatic carboxylic acids is 1. The van der Waals surface area contributed by atoms with Gasteiger partial charge in [0, 0.05) is 18.7 Å². The second kappa shape index (κ2) is 5.53. The van der Waals surface area contributed by atoms with Crippen molar-refractivity contribution in [3.05, 3.63) is 17.5 Å². The normalized spacial score (nSPS) is 10.5. The SMILES string of the molecule is CCc1cc(CCCC(=O)O)n(CC)n1. The van der Waals surface area contributed by atoms with E-state index in [0.29, 0.717) is 6.42 Å². The zero-order valence-corrected chi connectivity index (χ0v) is 9.36. The lowest BCUT2D eigenvalue weighted by Gasteiger charge is -2.02. The predicted octanol–water partition coefficient (Wildman–Crippen LogP) is 1.87. The van der Waals surface area contributed by atoms with E-state index in [1.165, 1.54) is 0 Å². The molecular formula is C11H18N2O2. The molecule has 1 N–H and O–H groups in total. The van der Waals surface area contributed by atoms with Gasteiger partial charge in [0.25, 0.3) is 0 Å². The fourth-order valence-corrected chi connectivity index (χ4v) is 1.58. The van der Waals surface area contributed by atoms with Crippen LogP contribution in [0.25, 0.3) is 0 Å². The summed E-state index contributed by atoms with van der Waals surface area (Å²) in [5.74, 6) is -0.728. The third-order valence-corrected chi connectivity index (χ3v) is 2.40. The summed E-state index contributed by atoms with van der Waals surface area (Å²) >= 11 is 0. The van der Waals surface area contributed by atoms with Crippen LogP contribution >= 0.6 is 0 Å². The van der Waals surface area contributed by atoms with E-state index in [1.807, 2.05) is 11.6 Å². The average Bonchev–Trinajstić information content (AvgIpc) is 2.60. The van der Waals surface area contributed by atoms with Crippen LogP contribution in [-0.2, 0) is 24.2 Å². The summed E-state index contributed by atoms with van der Waals surface area (Å²) in [7, 11) is 0. The van der Waals surface area contributed by atoms with E-state index in [2.05, 4.69) is 18.1 Å². The molecule has 4 heteroatoms. The first-order valence-electron chi connectivity index (χ1n) is 5.44. The van der Waals surface area contributed by atoms with Crippen LogP contribution in [0.2, 0.25) is 0 Å². The fourth-order valence-electron chi connectivity index (χ4n) is 1.58. The van der Waals surface area contributed by atoms with Crippen LogP contribution in [0.5, 0.6) is 0 Å². The van der Waals surface area contributed by atoms with Crippen molar-refractivity contribution in [3.8, 4) is 0 Å². The van der Waals surface area contributed by atoms with Gasteiger partial charge >= 0.3 is 5.97 Å². The lowest BCUT2D eigenvalue weighted by Crippen LogP contribution is -2.04. The van der Waals surface area contributed by atoms with Crippen molar-refractivity contribution in [2.75, 3.05) is 0 Å². The van der Waals surface area contributed by atoms with Gasteiger partial charge in [-0.05, 0) is 32.3 Å². The van der Waals surface area contributed by atoms with Gasteiger partial charge in [0.1, 0.15) is 0 Å². The second-order valence-electron chi connectivity index (χ2n) is 3.54. The first kappa shape index (κ1) is 11.8. The van der Waals surface area contributed by atoms with Crippen molar-refractivity contribution in [1.29, 1.82) is 0 Å². The molecule has 0 aliphatic heterocycles. The molecule has 0 aliphatic carbocycles. The highest BCUT2D eigenvalue weighted by Crippen LogP contribution is 2.09. The number of aryl methyl sites for hydroxylation is 3. The molecule has 0 spiro atoms. The minimum atomic E-state index is -0.728. The van der Waals surface area contributed by atoms with Gasteiger partial charge in [-0.3, -0.25) is 9.48 Å². The quantitative estimate of drug-likeness (QED) is 0.779.